The normalized spacial score (nSPS) is 12.2. The van der Waals surface area contributed by atoms with Gasteiger partial charge in [0.25, 0.3) is 0 Å². The van der Waals surface area contributed by atoms with Gasteiger partial charge < -0.3 is 9.64 Å². The van der Waals surface area contributed by atoms with E-state index in [4.69, 9.17) is 4.74 Å². The lowest BCUT2D eigenvalue weighted by Gasteiger charge is -2.37. The summed E-state index contributed by atoms with van der Waals surface area (Å²) in [6.07, 6.45) is -0.319. The molecule has 0 aliphatic heterocycles. The van der Waals surface area contributed by atoms with Crippen LogP contribution in [-0.4, -0.2) is 23.6 Å². The van der Waals surface area contributed by atoms with Crippen molar-refractivity contribution in [3.63, 3.8) is 0 Å². The van der Waals surface area contributed by atoms with Crippen LogP contribution in [0.25, 0.3) is 0 Å². The zero-order chi connectivity index (χ0) is 14.8. The Kier molecular flexibility index (Phi) is 4.67. The zero-order valence-corrected chi connectivity index (χ0v) is 14.0. The number of hydrogen-bond donors (Lipinski definition) is 0. The molecule has 3 nitrogen and oxygen atoms in total. The number of ether oxygens (including phenoxy) is 1. The molecule has 1 amide bonds. The highest BCUT2D eigenvalue weighted by atomic mass is 79.9. The SMILES string of the molecule is CN(C(=O)OC(C)(C)C)C(C)(C)c1ccc(Br)cc1. The van der Waals surface area contributed by atoms with E-state index in [1.807, 2.05) is 58.9 Å². The van der Waals surface area contributed by atoms with E-state index in [1.165, 1.54) is 0 Å². The van der Waals surface area contributed by atoms with Gasteiger partial charge in [0.05, 0.1) is 5.54 Å². The van der Waals surface area contributed by atoms with E-state index >= 15 is 0 Å². The molecule has 0 saturated heterocycles. The van der Waals surface area contributed by atoms with Crippen molar-refractivity contribution in [1.29, 1.82) is 0 Å². The van der Waals surface area contributed by atoms with E-state index in [-0.39, 0.29) is 6.09 Å². The molecule has 0 N–H and O–H groups in total. The van der Waals surface area contributed by atoms with Crippen molar-refractivity contribution in [3.05, 3.63) is 34.3 Å². The average Bonchev–Trinajstić information content (AvgIpc) is 2.26. The quantitative estimate of drug-likeness (QED) is 0.797. The minimum Gasteiger partial charge on any atom is -0.444 e. The van der Waals surface area contributed by atoms with Crippen LogP contribution in [0, 0.1) is 0 Å². The van der Waals surface area contributed by atoms with Gasteiger partial charge in [0.1, 0.15) is 5.60 Å². The van der Waals surface area contributed by atoms with Gasteiger partial charge in [-0.15, -0.1) is 0 Å². The first-order valence-corrected chi connectivity index (χ1v) is 7.06. The van der Waals surface area contributed by atoms with Gasteiger partial charge in [-0.1, -0.05) is 28.1 Å². The summed E-state index contributed by atoms with van der Waals surface area (Å²) in [5.74, 6) is 0. The van der Waals surface area contributed by atoms with Crippen molar-refractivity contribution in [2.75, 3.05) is 7.05 Å². The molecule has 0 unspecified atom stereocenters. The average molecular weight is 328 g/mol. The zero-order valence-electron chi connectivity index (χ0n) is 12.5. The van der Waals surface area contributed by atoms with Crippen molar-refractivity contribution < 1.29 is 9.53 Å². The Morgan fingerprint density at radius 2 is 1.58 bits per heavy atom. The number of nitrogens with zero attached hydrogens (tertiary/aromatic N) is 1. The summed E-state index contributed by atoms with van der Waals surface area (Å²) < 4.78 is 6.43. The summed E-state index contributed by atoms with van der Waals surface area (Å²) in [6.45, 7) is 9.60. The maximum absolute atomic E-state index is 12.1. The molecular formula is C15H22BrNO2. The first-order valence-electron chi connectivity index (χ1n) is 6.27. The molecule has 0 aliphatic carbocycles. The standard InChI is InChI=1S/C15H22BrNO2/c1-14(2,3)19-13(18)17(6)15(4,5)11-7-9-12(16)10-8-11/h7-10H,1-6H3. The second kappa shape index (κ2) is 5.53. The molecule has 19 heavy (non-hydrogen) atoms. The number of carbonyl (C=O) groups is 1. The lowest BCUT2D eigenvalue weighted by atomic mass is 9.93. The summed E-state index contributed by atoms with van der Waals surface area (Å²) >= 11 is 3.41. The van der Waals surface area contributed by atoms with Crippen molar-refractivity contribution in [2.24, 2.45) is 0 Å². The highest BCUT2D eigenvalue weighted by Gasteiger charge is 2.32. The van der Waals surface area contributed by atoms with Crippen LogP contribution in [0.4, 0.5) is 4.79 Å². The van der Waals surface area contributed by atoms with E-state index in [2.05, 4.69) is 15.9 Å². The van der Waals surface area contributed by atoms with Crippen molar-refractivity contribution in [1.82, 2.24) is 4.90 Å². The van der Waals surface area contributed by atoms with Gasteiger partial charge in [0.15, 0.2) is 0 Å². The first kappa shape index (κ1) is 16.0. The molecule has 1 aromatic carbocycles. The Morgan fingerprint density at radius 1 is 1.11 bits per heavy atom. The van der Waals surface area contributed by atoms with Crippen LogP contribution < -0.4 is 0 Å². The van der Waals surface area contributed by atoms with Gasteiger partial charge in [0, 0.05) is 11.5 Å². The third-order valence-corrected chi connectivity index (χ3v) is 3.59. The molecule has 0 fully saturated rings. The second-order valence-electron chi connectivity index (χ2n) is 6.11. The third-order valence-electron chi connectivity index (χ3n) is 3.06. The smallest absolute Gasteiger partial charge is 0.410 e. The predicted molar refractivity (Wildman–Crippen MR) is 81.2 cm³/mol. The number of rotatable bonds is 2. The lowest BCUT2D eigenvalue weighted by Crippen LogP contribution is -2.45. The van der Waals surface area contributed by atoms with Gasteiger partial charge in [-0.25, -0.2) is 4.79 Å². The Bertz CT molecular complexity index is 446. The largest absolute Gasteiger partial charge is 0.444 e. The second-order valence-corrected chi connectivity index (χ2v) is 7.02. The van der Waals surface area contributed by atoms with Crippen LogP contribution in [0.5, 0.6) is 0 Å². The molecule has 1 rings (SSSR count). The number of benzene rings is 1. The predicted octanol–water partition coefficient (Wildman–Crippen LogP) is 4.55. The number of amides is 1. The molecule has 0 radical (unpaired) electrons. The molecule has 0 heterocycles. The molecule has 0 bridgehead atoms. The van der Waals surface area contributed by atoms with Gasteiger partial charge in [-0.3, -0.25) is 0 Å². The van der Waals surface area contributed by atoms with Crippen LogP contribution in [0.2, 0.25) is 0 Å². The Balaban J connectivity index is 2.93. The fraction of sp³-hybridized carbons (Fsp3) is 0.533. The van der Waals surface area contributed by atoms with Gasteiger partial charge >= 0.3 is 6.09 Å². The van der Waals surface area contributed by atoms with Gasteiger partial charge in [-0.05, 0) is 52.3 Å². The molecular weight excluding hydrogens is 306 g/mol. The number of hydrogen-bond acceptors (Lipinski definition) is 2. The summed E-state index contributed by atoms with van der Waals surface area (Å²) in [6, 6.07) is 7.95. The van der Waals surface area contributed by atoms with Crippen LogP contribution in [0.15, 0.2) is 28.7 Å². The van der Waals surface area contributed by atoms with E-state index in [1.54, 1.807) is 11.9 Å². The highest BCUT2D eigenvalue weighted by molar-refractivity contribution is 9.10. The third kappa shape index (κ3) is 4.23. The molecule has 1 aromatic rings. The van der Waals surface area contributed by atoms with Crippen LogP contribution in [0.3, 0.4) is 0 Å². The maximum Gasteiger partial charge on any atom is 0.410 e. The summed E-state index contributed by atoms with van der Waals surface area (Å²) in [7, 11) is 1.76. The molecule has 0 aromatic heterocycles. The Labute approximate surface area is 124 Å². The minimum absolute atomic E-state index is 0.319. The highest BCUT2D eigenvalue weighted by Crippen LogP contribution is 2.29. The summed E-state index contributed by atoms with van der Waals surface area (Å²) in [5.41, 5.74) is 0.147. The molecule has 0 saturated carbocycles. The van der Waals surface area contributed by atoms with Crippen LogP contribution in [-0.2, 0) is 10.3 Å². The van der Waals surface area contributed by atoms with Crippen LogP contribution in [0.1, 0.15) is 40.2 Å². The van der Waals surface area contributed by atoms with E-state index in [0.717, 1.165) is 10.0 Å². The first-order chi connectivity index (χ1) is 8.54. The topological polar surface area (TPSA) is 29.5 Å². The van der Waals surface area contributed by atoms with Crippen LogP contribution >= 0.6 is 15.9 Å². The molecule has 106 valence electrons. The van der Waals surface area contributed by atoms with Crippen molar-refractivity contribution >= 4 is 22.0 Å². The minimum atomic E-state index is -0.485. The number of halogens is 1. The number of carbonyl (C=O) groups excluding carboxylic acids is 1. The van der Waals surface area contributed by atoms with Gasteiger partial charge in [-0.2, -0.15) is 0 Å². The van der Waals surface area contributed by atoms with E-state index < -0.39 is 11.1 Å². The lowest BCUT2D eigenvalue weighted by molar-refractivity contribution is 0.0104. The fourth-order valence-electron chi connectivity index (χ4n) is 1.61. The molecule has 0 atom stereocenters. The Hall–Kier alpha value is -1.03. The van der Waals surface area contributed by atoms with Gasteiger partial charge in [0.2, 0.25) is 0 Å². The molecule has 0 aliphatic rings. The monoisotopic (exact) mass is 327 g/mol. The fourth-order valence-corrected chi connectivity index (χ4v) is 1.87. The maximum atomic E-state index is 12.1. The molecule has 4 heteroatoms. The summed E-state index contributed by atoms with van der Waals surface area (Å²) in [4.78, 5) is 13.8. The van der Waals surface area contributed by atoms with Crippen molar-refractivity contribution in [3.8, 4) is 0 Å². The van der Waals surface area contributed by atoms with Crippen molar-refractivity contribution in [2.45, 2.75) is 45.8 Å². The van der Waals surface area contributed by atoms with E-state index in [0.29, 0.717) is 0 Å². The van der Waals surface area contributed by atoms with E-state index in [9.17, 15) is 4.79 Å². The summed E-state index contributed by atoms with van der Waals surface area (Å²) in [5, 5.41) is 0. The Morgan fingerprint density at radius 3 is 2.00 bits per heavy atom. The molecule has 0 spiro atoms.